The summed E-state index contributed by atoms with van der Waals surface area (Å²) in [5.41, 5.74) is -0.150. The van der Waals surface area contributed by atoms with Crippen molar-refractivity contribution in [1.29, 1.82) is 0 Å². The second kappa shape index (κ2) is 7.35. The molecule has 9 heteroatoms. The van der Waals surface area contributed by atoms with Gasteiger partial charge in [-0.25, -0.2) is 9.18 Å². The number of amides is 4. The minimum atomic E-state index is -1.67. The Morgan fingerprint density at radius 3 is 2.70 bits per heavy atom. The summed E-state index contributed by atoms with van der Waals surface area (Å²) in [6.07, 6.45) is 0. The van der Waals surface area contributed by atoms with Crippen LogP contribution in [0.15, 0.2) is 36.4 Å². The number of ether oxygens (including phenoxy) is 1. The van der Waals surface area contributed by atoms with Crippen molar-refractivity contribution >= 4 is 29.4 Å². The van der Waals surface area contributed by atoms with Crippen molar-refractivity contribution in [1.82, 2.24) is 15.5 Å². The van der Waals surface area contributed by atoms with Gasteiger partial charge >= 0.3 is 6.03 Å². The van der Waals surface area contributed by atoms with E-state index >= 15 is 0 Å². The lowest BCUT2D eigenvalue weighted by atomic mass is 9.99. The normalized spacial score (nSPS) is 19.7. The Morgan fingerprint density at radius 2 is 2.03 bits per heavy atom. The molecule has 30 heavy (non-hydrogen) atoms. The number of carbonyl (C=O) groups excluding carboxylic acids is 3. The molecule has 2 aromatic carbocycles. The average Bonchev–Trinajstić information content (AvgIpc) is 3.16. The summed E-state index contributed by atoms with van der Waals surface area (Å²) in [5.74, 6) is 4.47. The molecule has 152 valence electrons. The molecule has 2 aromatic rings. The lowest BCUT2D eigenvalue weighted by molar-refractivity contribution is -0.122. The number of fused-ring (bicyclic) bond motifs is 1. The van der Waals surface area contributed by atoms with Crippen LogP contribution in [0.25, 0.3) is 0 Å². The van der Waals surface area contributed by atoms with Crippen molar-refractivity contribution in [2.45, 2.75) is 12.1 Å². The summed E-state index contributed by atoms with van der Waals surface area (Å²) in [7, 11) is 1.50. The molecule has 2 aliphatic heterocycles. The molecule has 4 rings (SSSR count). The molecule has 0 saturated carbocycles. The topological polar surface area (TPSA) is 87.7 Å². The average molecular weight is 428 g/mol. The summed E-state index contributed by atoms with van der Waals surface area (Å²) in [4.78, 5) is 38.7. The number of halogens is 2. The van der Waals surface area contributed by atoms with Crippen LogP contribution in [0, 0.1) is 17.7 Å². The van der Waals surface area contributed by atoms with Gasteiger partial charge in [0.25, 0.3) is 11.8 Å². The predicted molar refractivity (Wildman–Crippen MR) is 105 cm³/mol. The quantitative estimate of drug-likeness (QED) is 0.580. The summed E-state index contributed by atoms with van der Waals surface area (Å²) in [5, 5.41) is 4.73. The Hall–Kier alpha value is -3.57. The molecule has 7 nitrogen and oxygen atoms in total. The van der Waals surface area contributed by atoms with Gasteiger partial charge in [-0.3, -0.25) is 14.9 Å². The van der Waals surface area contributed by atoms with E-state index in [1.165, 1.54) is 24.1 Å². The molecule has 0 spiro atoms. The van der Waals surface area contributed by atoms with Crippen molar-refractivity contribution in [3.8, 4) is 17.6 Å². The predicted octanol–water partition coefficient (Wildman–Crippen LogP) is 2.07. The highest BCUT2D eigenvalue weighted by Gasteiger charge is 2.48. The number of hydrogen-bond donors (Lipinski definition) is 2. The van der Waals surface area contributed by atoms with Gasteiger partial charge < -0.3 is 15.0 Å². The molecule has 1 atom stereocenters. The maximum atomic E-state index is 13.3. The molecule has 0 aromatic heterocycles. The van der Waals surface area contributed by atoms with E-state index in [-0.39, 0.29) is 29.6 Å². The molecule has 1 saturated heterocycles. The number of carbonyl (C=O) groups is 3. The number of imide groups is 1. The molecule has 2 aliphatic rings. The molecule has 1 fully saturated rings. The SMILES string of the molecule is COc1ccc2c(c1)C(=O)N(C[C@@]1(C#Cc3ccc(F)cc3Cl)NC(=O)NC1=O)C2. The number of methoxy groups -OCH3 is 1. The fourth-order valence-electron chi connectivity index (χ4n) is 3.38. The van der Waals surface area contributed by atoms with Crippen LogP contribution >= 0.6 is 11.6 Å². The van der Waals surface area contributed by atoms with Gasteiger partial charge in [-0.15, -0.1) is 0 Å². The van der Waals surface area contributed by atoms with Gasteiger partial charge in [0.1, 0.15) is 11.6 Å². The minimum Gasteiger partial charge on any atom is -0.497 e. The number of urea groups is 1. The number of nitrogens with one attached hydrogen (secondary N) is 2. The number of rotatable bonds is 3. The van der Waals surface area contributed by atoms with Crippen LogP contribution in [0.1, 0.15) is 21.5 Å². The van der Waals surface area contributed by atoms with Crippen LogP contribution in [0.5, 0.6) is 5.75 Å². The van der Waals surface area contributed by atoms with E-state index in [1.54, 1.807) is 18.2 Å². The lowest BCUT2D eigenvalue weighted by Gasteiger charge is -2.26. The molecule has 4 amide bonds. The van der Waals surface area contributed by atoms with Crippen molar-refractivity contribution in [3.05, 3.63) is 63.9 Å². The van der Waals surface area contributed by atoms with Crippen molar-refractivity contribution < 1.29 is 23.5 Å². The maximum Gasteiger partial charge on any atom is 0.323 e. The Balaban J connectivity index is 1.66. The molecule has 0 aliphatic carbocycles. The zero-order valence-corrected chi connectivity index (χ0v) is 16.5. The van der Waals surface area contributed by atoms with Crippen molar-refractivity contribution in [2.75, 3.05) is 13.7 Å². The number of benzene rings is 2. The Labute approximate surface area is 176 Å². The second-order valence-corrected chi connectivity index (χ2v) is 7.28. The summed E-state index contributed by atoms with van der Waals surface area (Å²) in [6.45, 7) is 0.0776. The molecule has 0 bridgehead atoms. The standard InChI is InChI=1S/C21H15ClFN3O4/c1-30-15-5-3-13-10-26(18(27)16(13)9-15)11-21(19(28)24-20(29)25-21)7-6-12-2-4-14(23)8-17(12)22/h2-5,8-9H,10-11H2,1H3,(H2,24,25,28,29)/t21-/m1/s1. The van der Waals surface area contributed by atoms with E-state index in [2.05, 4.69) is 22.5 Å². The first-order valence-corrected chi connectivity index (χ1v) is 9.27. The fraction of sp³-hybridized carbons (Fsp3) is 0.190. The minimum absolute atomic E-state index is 0.0686. The highest BCUT2D eigenvalue weighted by atomic mass is 35.5. The monoisotopic (exact) mass is 427 g/mol. The summed E-state index contributed by atoms with van der Waals surface area (Å²) >= 11 is 6.00. The van der Waals surface area contributed by atoms with Crippen LogP contribution in [-0.2, 0) is 11.3 Å². The molecular formula is C21H15ClFN3O4. The largest absolute Gasteiger partial charge is 0.497 e. The van der Waals surface area contributed by atoms with Gasteiger partial charge in [0.2, 0.25) is 5.54 Å². The Morgan fingerprint density at radius 1 is 1.23 bits per heavy atom. The van der Waals surface area contributed by atoms with Crippen LogP contribution in [-0.4, -0.2) is 41.9 Å². The third kappa shape index (κ3) is 3.44. The second-order valence-electron chi connectivity index (χ2n) is 6.87. The zero-order valence-electron chi connectivity index (χ0n) is 15.7. The van der Waals surface area contributed by atoms with Crippen LogP contribution < -0.4 is 15.4 Å². The van der Waals surface area contributed by atoms with E-state index in [9.17, 15) is 18.8 Å². The maximum absolute atomic E-state index is 13.3. The van der Waals surface area contributed by atoms with Gasteiger partial charge in [-0.2, -0.15) is 0 Å². The summed E-state index contributed by atoms with van der Waals surface area (Å²) in [6, 6.07) is 8.08. The molecule has 2 N–H and O–H groups in total. The van der Waals surface area contributed by atoms with Gasteiger partial charge in [0.05, 0.1) is 18.7 Å². The first-order chi connectivity index (χ1) is 14.3. The molecule has 0 radical (unpaired) electrons. The van der Waals surface area contributed by atoms with Gasteiger partial charge in [-0.1, -0.05) is 29.5 Å². The summed E-state index contributed by atoms with van der Waals surface area (Å²) < 4.78 is 18.4. The van der Waals surface area contributed by atoms with Crippen LogP contribution in [0.4, 0.5) is 9.18 Å². The fourth-order valence-corrected chi connectivity index (χ4v) is 3.59. The lowest BCUT2D eigenvalue weighted by Crippen LogP contribution is -2.54. The highest BCUT2D eigenvalue weighted by Crippen LogP contribution is 2.28. The smallest absolute Gasteiger partial charge is 0.323 e. The third-order valence-electron chi connectivity index (χ3n) is 4.91. The van der Waals surface area contributed by atoms with Gasteiger partial charge in [0.15, 0.2) is 0 Å². The van der Waals surface area contributed by atoms with E-state index < -0.39 is 23.3 Å². The van der Waals surface area contributed by atoms with Crippen LogP contribution in [0.2, 0.25) is 5.02 Å². The van der Waals surface area contributed by atoms with E-state index in [4.69, 9.17) is 16.3 Å². The van der Waals surface area contributed by atoms with E-state index in [0.717, 1.165) is 11.6 Å². The zero-order chi connectivity index (χ0) is 21.5. The number of nitrogens with zero attached hydrogens (tertiary/aromatic N) is 1. The Kier molecular flexibility index (Phi) is 4.84. The highest BCUT2D eigenvalue weighted by molar-refractivity contribution is 6.31. The van der Waals surface area contributed by atoms with Gasteiger partial charge in [-0.05, 0) is 35.9 Å². The van der Waals surface area contributed by atoms with E-state index in [0.29, 0.717) is 11.3 Å². The van der Waals surface area contributed by atoms with Gasteiger partial charge in [0, 0.05) is 17.7 Å². The molecule has 0 unspecified atom stereocenters. The first kappa shape index (κ1) is 19.7. The molecule has 2 heterocycles. The van der Waals surface area contributed by atoms with Crippen LogP contribution in [0.3, 0.4) is 0 Å². The first-order valence-electron chi connectivity index (χ1n) is 8.89. The third-order valence-corrected chi connectivity index (χ3v) is 5.22. The Bertz CT molecular complexity index is 1160. The van der Waals surface area contributed by atoms with Crippen molar-refractivity contribution in [2.24, 2.45) is 0 Å². The number of hydrogen-bond acceptors (Lipinski definition) is 4. The molecular weight excluding hydrogens is 413 g/mol. The van der Waals surface area contributed by atoms with E-state index in [1.807, 2.05) is 0 Å². The van der Waals surface area contributed by atoms with Crippen molar-refractivity contribution in [3.63, 3.8) is 0 Å².